The topological polar surface area (TPSA) is 40.4 Å². The quantitative estimate of drug-likeness (QED) is 0.790. The van der Waals surface area contributed by atoms with E-state index < -0.39 is 11.6 Å². The predicted molar refractivity (Wildman–Crippen MR) is 91.2 cm³/mol. The summed E-state index contributed by atoms with van der Waals surface area (Å²) in [6, 6.07) is 7.27. The van der Waals surface area contributed by atoms with Gasteiger partial charge in [0.1, 0.15) is 17.4 Å². The Morgan fingerprint density at radius 1 is 1.32 bits per heavy atom. The zero-order chi connectivity index (χ0) is 17.6. The number of nitrogens with zero attached hydrogens (tertiary/aromatic N) is 1. The van der Waals surface area contributed by atoms with Crippen molar-refractivity contribution in [1.29, 1.82) is 0 Å². The second-order valence-corrected chi connectivity index (χ2v) is 6.10. The number of hydrazine groups is 1. The molecule has 0 saturated carbocycles. The van der Waals surface area contributed by atoms with Crippen LogP contribution in [0.5, 0.6) is 0 Å². The average Bonchev–Trinajstić information content (AvgIpc) is 3.25. The zero-order valence-electron chi connectivity index (χ0n) is 14.1. The molecule has 0 aliphatic carbocycles. The molecule has 2 aromatic rings. The van der Waals surface area contributed by atoms with Crippen molar-refractivity contribution in [3.8, 4) is 11.8 Å². The van der Waals surface area contributed by atoms with Gasteiger partial charge in [-0.25, -0.2) is 14.2 Å². The van der Waals surface area contributed by atoms with Crippen LogP contribution in [0.15, 0.2) is 41.0 Å². The van der Waals surface area contributed by atoms with Crippen molar-refractivity contribution in [3.05, 3.63) is 59.6 Å². The Labute approximate surface area is 146 Å². The van der Waals surface area contributed by atoms with Gasteiger partial charge in [0.05, 0.1) is 25.4 Å². The van der Waals surface area contributed by atoms with Crippen molar-refractivity contribution in [2.45, 2.75) is 19.5 Å². The molecule has 6 heteroatoms. The molecule has 1 fully saturated rings. The summed E-state index contributed by atoms with van der Waals surface area (Å²) in [6.45, 7) is 4.44. The molecule has 1 aliphatic heterocycles. The van der Waals surface area contributed by atoms with Crippen LogP contribution in [0.2, 0.25) is 0 Å². The minimum Gasteiger partial charge on any atom is -0.468 e. The molecule has 0 spiro atoms. The van der Waals surface area contributed by atoms with Crippen molar-refractivity contribution in [2.24, 2.45) is 5.92 Å². The molecule has 0 radical (unpaired) electrons. The van der Waals surface area contributed by atoms with E-state index in [4.69, 9.17) is 4.42 Å². The van der Waals surface area contributed by atoms with Crippen LogP contribution >= 0.6 is 0 Å². The van der Waals surface area contributed by atoms with Crippen molar-refractivity contribution in [2.75, 3.05) is 19.6 Å². The summed E-state index contributed by atoms with van der Waals surface area (Å²) < 4.78 is 32.8. The van der Waals surface area contributed by atoms with Gasteiger partial charge in [-0.2, -0.15) is 0 Å². The van der Waals surface area contributed by atoms with E-state index in [0.717, 1.165) is 11.8 Å². The van der Waals surface area contributed by atoms with Crippen LogP contribution < -0.4 is 10.9 Å². The first-order valence-corrected chi connectivity index (χ1v) is 8.25. The lowest BCUT2D eigenvalue weighted by Gasteiger charge is -2.26. The molecular formula is C19H21F2N3O. The summed E-state index contributed by atoms with van der Waals surface area (Å²) in [6.07, 6.45) is 1.65. The van der Waals surface area contributed by atoms with Gasteiger partial charge in [-0.15, -0.1) is 5.92 Å². The fraction of sp³-hybridized carbons (Fsp3) is 0.368. The highest BCUT2D eigenvalue weighted by molar-refractivity contribution is 5.24. The fourth-order valence-electron chi connectivity index (χ4n) is 3.12. The number of halogens is 2. The van der Waals surface area contributed by atoms with Crippen LogP contribution in [0.3, 0.4) is 0 Å². The highest BCUT2D eigenvalue weighted by Crippen LogP contribution is 2.28. The Morgan fingerprint density at radius 2 is 2.20 bits per heavy atom. The van der Waals surface area contributed by atoms with Gasteiger partial charge in [0.2, 0.25) is 0 Å². The number of nitrogens with one attached hydrogen (secondary N) is 2. The van der Waals surface area contributed by atoms with Gasteiger partial charge < -0.3 is 4.42 Å². The molecular weight excluding hydrogens is 324 g/mol. The highest BCUT2D eigenvalue weighted by atomic mass is 19.1. The molecule has 132 valence electrons. The average molecular weight is 345 g/mol. The van der Waals surface area contributed by atoms with Gasteiger partial charge >= 0.3 is 0 Å². The van der Waals surface area contributed by atoms with Crippen molar-refractivity contribution >= 4 is 0 Å². The third-order valence-corrected chi connectivity index (χ3v) is 4.32. The molecule has 1 saturated heterocycles. The Kier molecular flexibility index (Phi) is 5.82. The maximum absolute atomic E-state index is 14.2. The van der Waals surface area contributed by atoms with E-state index in [9.17, 15) is 8.78 Å². The van der Waals surface area contributed by atoms with Crippen LogP contribution in [0.1, 0.15) is 24.3 Å². The van der Waals surface area contributed by atoms with Crippen LogP contribution in [-0.2, 0) is 6.54 Å². The largest absolute Gasteiger partial charge is 0.468 e. The summed E-state index contributed by atoms with van der Waals surface area (Å²) in [5.41, 5.74) is 6.66. The lowest BCUT2D eigenvalue weighted by atomic mass is 9.94. The molecule has 1 aromatic carbocycles. The Bertz CT molecular complexity index is 752. The third kappa shape index (κ3) is 4.45. The third-order valence-electron chi connectivity index (χ3n) is 4.32. The number of furan rings is 1. The number of hydrogen-bond acceptors (Lipinski definition) is 4. The molecule has 0 bridgehead atoms. The molecule has 2 atom stereocenters. The Balaban J connectivity index is 1.73. The standard InChI is InChI=1S/C19H21F2N3O/c1-2-3-8-24(13-16-5-4-9-25-16)12-14-11-22-23-19(14)17-7-6-15(20)10-18(17)21/h4-7,9-10,14,19,22-23H,8,11-13H2,1H3. The minimum atomic E-state index is -0.568. The monoisotopic (exact) mass is 345 g/mol. The number of hydrogen-bond donors (Lipinski definition) is 2. The molecule has 2 heterocycles. The summed E-state index contributed by atoms with van der Waals surface area (Å²) in [7, 11) is 0. The molecule has 4 nitrogen and oxygen atoms in total. The second kappa shape index (κ2) is 8.26. The van der Waals surface area contributed by atoms with Crippen molar-refractivity contribution in [1.82, 2.24) is 15.8 Å². The summed E-state index contributed by atoms with van der Waals surface area (Å²) >= 11 is 0. The van der Waals surface area contributed by atoms with Gasteiger partial charge in [-0.3, -0.25) is 10.3 Å². The Hall–Kier alpha value is -2.20. The number of benzene rings is 1. The first kappa shape index (κ1) is 17.6. The predicted octanol–water partition coefficient (Wildman–Crippen LogP) is 2.85. The van der Waals surface area contributed by atoms with Gasteiger partial charge in [0.25, 0.3) is 0 Å². The summed E-state index contributed by atoms with van der Waals surface area (Å²) in [5, 5.41) is 0. The van der Waals surface area contributed by atoms with Crippen LogP contribution in [0, 0.1) is 29.4 Å². The maximum Gasteiger partial charge on any atom is 0.130 e. The van der Waals surface area contributed by atoms with Gasteiger partial charge in [0, 0.05) is 30.6 Å². The molecule has 2 unspecified atom stereocenters. The smallest absolute Gasteiger partial charge is 0.130 e. The van der Waals surface area contributed by atoms with Gasteiger partial charge in [-0.05, 0) is 25.1 Å². The normalized spacial score (nSPS) is 19.8. The molecule has 25 heavy (non-hydrogen) atoms. The Morgan fingerprint density at radius 3 is 2.92 bits per heavy atom. The molecule has 1 aliphatic rings. The number of rotatable bonds is 6. The van der Waals surface area contributed by atoms with E-state index in [2.05, 4.69) is 27.6 Å². The first-order valence-electron chi connectivity index (χ1n) is 8.25. The minimum absolute atomic E-state index is 0.119. The van der Waals surface area contributed by atoms with E-state index in [1.807, 2.05) is 12.1 Å². The maximum atomic E-state index is 14.2. The summed E-state index contributed by atoms with van der Waals surface area (Å²) in [5.74, 6) is 5.87. The molecule has 0 amide bonds. The molecule has 1 aromatic heterocycles. The fourth-order valence-corrected chi connectivity index (χ4v) is 3.12. The van der Waals surface area contributed by atoms with Gasteiger partial charge in [0.15, 0.2) is 0 Å². The van der Waals surface area contributed by atoms with Gasteiger partial charge in [-0.1, -0.05) is 12.0 Å². The molecule has 3 rings (SSSR count). The second-order valence-electron chi connectivity index (χ2n) is 6.10. The molecule has 2 N–H and O–H groups in total. The van der Waals surface area contributed by atoms with Crippen molar-refractivity contribution in [3.63, 3.8) is 0 Å². The summed E-state index contributed by atoms with van der Waals surface area (Å²) in [4.78, 5) is 2.17. The first-order chi connectivity index (χ1) is 12.2. The lowest BCUT2D eigenvalue weighted by Crippen LogP contribution is -2.33. The van der Waals surface area contributed by atoms with Crippen LogP contribution in [0.25, 0.3) is 0 Å². The van der Waals surface area contributed by atoms with E-state index >= 15 is 0 Å². The van der Waals surface area contributed by atoms with E-state index in [0.29, 0.717) is 31.7 Å². The highest BCUT2D eigenvalue weighted by Gasteiger charge is 2.31. The van der Waals surface area contributed by atoms with Crippen molar-refractivity contribution < 1.29 is 13.2 Å². The van der Waals surface area contributed by atoms with E-state index in [-0.39, 0.29) is 12.0 Å². The van der Waals surface area contributed by atoms with E-state index in [1.165, 1.54) is 12.1 Å². The van der Waals surface area contributed by atoms with Crippen LogP contribution in [0.4, 0.5) is 8.78 Å². The zero-order valence-corrected chi connectivity index (χ0v) is 14.1. The lowest BCUT2D eigenvalue weighted by molar-refractivity contribution is 0.224. The van der Waals surface area contributed by atoms with E-state index in [1.54, 1.807) is 13.2 Å². The van der Waals surface area contributed by atoms with Crippen LogP contribution in [-0.4, -0.2) is 24.5 Å². The SMILES string of the molecule is CC#CCN(Cc1ccco1)CC1CNNC1c1ccc(F)cc1F.